The summed E-state index contributed by atoms with van der Waals surface area (Å²) in [6, 6.07) is 18.3. The van der Waals surface area contributed by atoms with Crippen molar-refractivity contribution in [2.45, 2.75) is 13.5 Å². The van der Waals surface area contributed by atoms with Gasteiger partial charge in [0, 0.05) is 39.3 Å². The van der Waals surface area contributed by atoms with Crippen LogP contribution in [-0.2, 0) is 6.54 Å². The number of hydrogen-bond donors (Lipinski definition) is 0. The van der Waals surface area contributed by atoms with Gasteiger partial charge >= 0.3 is 0 Å². The summed E-state index contributed by atoms with van der Waals surface area (Å²) in [5, 5.41) is 8.86. The Bertz CT molecular complexity index is 695. The Hall–Kier alpha value is -2.35. The Morgan fingerprint density at radius 1 is 0.920 bits per heavy atom. The maximum Gasteiger partial charge on any atom is 0.119 e. The van der Waals surface area contributed by atoms with Crippen LogP contribution in [0.5, 0.6) is 5.75 Å². The van der Waals surface area contributed by atoms with Gasteiger partial charge in [-0.25, -0.2) is 0 Å². The summed E-state index contributed by atoms with van der Waals surface area (Å²) in [5.74, 6) is 0.949. The third-order valence-electron chi connectivity index (χ3n) is 4.65. The monoisotopic (exact) mass is 335 g/mol. The summed E-state index contributed by atoms with van der Waals surface area (Å²) in [6.07, 6.45) is 0. The van der Waals surface area contributed by atoms with E-state index in [1.165, 1.54) is 11.1 Å². The highest BCUT2D eigenvalue weighted by atomic mass is 16.5. The molecule has 3 rings (SSSR count). The number of benzene rings is 2. The average molecular weight is 335 g/mol. The highest BCUT2D eigenvalue weighted by Crippen LogP contribution is 2.12. The molecular formula is C21H25N3O. The molecule has 2 aromatic rings. The molecule has 0 N–H and O–H groups in total. The van der Waals surface area contributed by atoms with E-state index in [1.807, 2.05) is 24.3 Å². The Kier molecular flexibility index (Phi) is 6.05. The van der Waals surface area contributed by atoms with Crippen molar-refractivity contribution in [3.63, 3.8) is 0 Å². The largest absolute Gasteiger partial charge is 0.492 e. The number of rotatable bonds is 6. The van der Waals surface area contributed by atoms with Crippen molar-refractivity contribution in [1.82, 2.24) is 9.80 Å². The van der Waals surface area contributed by atoms with Crippen LogP contribution in [0.25, 0.3) is 0 Å². The molecular weight excluding hydrogens is 310 g/mol. The number of aryl methyl sites for hydroxylation is 1. The maximum absolute atomic E-state index is 8.86. The summed E-state index contributed by atoms with van der Waals surface area (Å²) in [6.45, 7) is 9.05. The minimum atomic E-state index is 0.724. The predicted octanol–water partition coefficient (Wildman–Crippen LogP) is 3.06. The van der Waals surface area contributed by atoms with Crippen LogP contribution in [0.2, 0.25) is 0 Å². The molecule has 0 amide bonds. The first-order chi connectivity index (χ1) is 12.2. The highest BCUT2D eigenvalue weighted by Gasteiger charge is 2.16. The zero-order chi connectivity index (χ0) is 17.5. The minimum Gasteiger partial charge on any atom is -0.492 e. The smallest absolute Gasteiger partial charge is 0.119 e. The standard InChI is InChI=1S/C21H25N3O/c1-18-2-8-21(9-3-18)25-15-14-23-10-12-24(13-11-23)17-20-6-4-19(16-22)5-7-20/h2-9H,10-15,17H2,1H3. The summed E-state index contributed by atoms with van der Waals surface area (Å²) in [7, 11) is 0. The fourth-order valence-corrected chi connectivity index (χ4v) is 3.04. The Labute approximate surface area is 150 Å². The second-order valence-corrected chi connectivity index (χ2v) is 6.59. The molecule has 0 saturated carbocycles. The Balaban J connectivity index is 1.36. The van der Waals surface area contributed by atoms with Gasteiger partial charge in [-0.2, -0.15) is 5.26 Å². The Morgan fingerprint density at radius 3 is 2.20 bits per heavy atom. The van der Waals surface area contributed by atoms with Crippen molar-refractivity contribution in [3.8, 4) is 11.8 Å². The van der Waals surface area contributed by atoms with E-state index in [4.69, 9.17) is 10.00 Å². The third-order valence-corrected chi connectivity index (χ3v) is 4.65. The van der Waals surface area contributed by atoms with Gasteiger partial charge in [-0.1, -0.05) is 29.8 Å². The lowest BCUT2D eigenvalue weighted by Gasteiger charge is -2.34. The van der Waals surface area contributed by atoms with Gasteiger partial charge in [0.05, 0.1) is 11.6 Å². The third kappa shape index (κ3) is 5.32. The van der Waals surface area contributed by atoms with Gasteiger partial charge in [0.1, 0.15) is 12.4 Å². The van der Waals surface area contributed by atoms with Crippen molar-refractivity contribution in [3.05, 3.63) is 65.2 Å². The molecule has 1 aliphatic rings. The zero-order valence-electron chi connectivity index (χ0n) is 14.8. The first-order valence-corrected chi connectivity index (χ1v) is 8.86. The summed E-state index contributed by atoms with van der Waals surface area (Å²) < 4.78 is 5.83. The van der Waals surface area contributed by atoms with Crippen LogP contribution in [0.3, 0.4) is 0 Å². The number of nitriles is 1. The maximum atomic E-state index is 8.86. The van der Waals surface area contributed by atoms with Crippen molar-refractivity contribution in [2.24, 2.45) is 0 Å². The lowest BCUT2D eigenvalue weighted by molar-refractivity contribution is 0.112. The van der Waals surface area contributed by atoms with Crippen molar-refractivity contribution < 1.29 is 4.74 Å². The summed E-state index contributed by atoms with van der Waals surface area (Å²) in [4.78, 5) is 4.93. The minimum absolute atomic E-state index is 0.724. The molecule has 0 radical (unpaired) electrons. The van der Waals surface area contributed by atoms with Crippen LogP contribution in [-0.4, -0.2) is 49.1 Å². The zero-order valence-corrected chi connectivity index (χ0v) is 14.8. The first-order valence-electron chi connectivity index (χ1n) is 8.86. The topological polar surface area (TPSA) is 39.5 Å². The average Bonchev–Trinajstić information content (AvgIpc) is 2.65. The SMILES string of the molecule is Cc1ccc(OCCN2CCN(Cc3ccc(C#N)cc3)CC2)cc1. The van der Waals surface area contributed by atoms with Crippen LogP contribution in [0.4, 0.5) is 0 Å². The van der Waals surface area contributed by atoms with Crippen molar-refractivity contribution in [2.75, 3.05) is 39.3 Å². The van der Waals surface area contributed by atoms with Gasteiger partial charge in [0.15, 0.2) is 0 Å². The van der Waals surface area contributed by atoms with E-state index in [0.29, 0.717) is 0 Å². The van der Waals surface area contributed by atoms with Crippen LogP contribution >= 0.6 is 0 Å². The Morgan fingerprint density at radius 2 is 1.56 bits per heavy atom. The molecule has 4 nitrogen and oxygen atoms in total. The lowest BCUT2D eigenvalue weighted by Crippen LogP contribution is -2.47. The van der Waals surface area contributed by atoms with E-state index in [-0.39, 0.29) is 0 Å². The molecule has 25 heavy (non-hydrogen) atoms. The molecule has 0 spiro atoms. The molecule has 1 saturated heterocycles. The van der Waals surface area contributed by atoms with E-state index in [0.717, 1.165) is 57.2 Å². The van der Waals surface area contributed by atoms with Gasteiger partial charge in [-0.05, 0) is 36.8 Å². The second-order valence-electron chi connectivity index (χ2n) is 6.59. The van der Waals surface area contributed by atoms with Crippen LogP contribution in [0.15, 0.2) is 48.5 Å². The van der Waals surface area contributed by atoms with Gasteiger partial charge in [0.25, 0.3) is 0 Å². The fourth-order valence-electron chi connectivity index (χ4n) is 3.04. The molecule has 2 aromatic carbocycles. The molecule has 1 fully saturated rings. The molecule has 1 heterocycles. The molecule has 0 aliphatic carbocycles. The second kappa shape index (κ2) is 8.66. The van der Waals surface area contributed by atoms with Gasteiger partial charge in [-0.3, -0.25) is 9.80 Å². The molecule has 130 valence electrons. The quantitative estimate of drug-likeness (QED) is 0.813. The summed E-state index contributed by atoms with van der Waals surface area (Å²) in [5.41, 5.74) is 3.25. The van der Waals surface area contributed by atoms with E-state index < -0.39 is 0 Å². The summed E-state index contributed by atoms with van der Waals surface area (Å²) >= 11 is 0. The number of ether oxygens (including phenoxy) is 1. The van der Waals surface area contributed by atoms with Gasteiger partial charge < -0.3 is 4.74 Å². The molecule has 0 unspecified atom stereocenters. The van der Waals surface area contributed by atoms with E-state index in [9.17, 15) is 0 Å². The van der Waals surface area contributed by atoms with Crippen LogP contribution in [0, 0.1) is 18.3 Å². The highest BCUT2D eigenvalue weighted by molar-refractivity contribution is 5.31. The van der Waals surface area contributed by atoms with Gasteiger partial charge in [0.2, 0.25) is 0 Å². The van der Waals surface area contributed by atoms with E-state index in [2.05, 4.69) is 47.1 Å². The van der Waals surface area contributed by atoms with Crippen molar-refractivity contribution in [1.29, 1.82) is 5.26 Å². The lowest BCUT2D eigenvalue weighted by atomic mass is 10.1. The molecule has 0 atom stereocenters. The van der Waals surface area contributed by atoms with Crippen molar-refractivity contribution >= 4 is 0 Å². The molecule has 0 aromatic heterocycles. The van der Waals surface area contributed by atoms with Gasteiger partial charge in [-0.15, -0.1) is 0 Å². The van der Waals surface area contributed by atoms with Crippen LogP contribution in [0.1, 0.15) is 16.7 Å². The van der Waals surface area contributed by atoms with E-state index in [1.54, 1.807) is 0 Å². The van der Waals surface area contributed by atoms with Crippen LogP contribution < -0.4 is 4.74 Å². The number of hydrogen-bond acceptors (Lipinski definition) is 4. The molecule has 0 bridgehead atoms. The fraction of sp³-hybridized carbons (Fsp3) is 0.381. The molecule has 4 heteroatoms. The number of nitrogens with zero attached hydrogens (tertiary/aromatic N) is 3. The predicted molar refractivity (Wildman–Crippen MR) is 99.5 cm³/mol. The van der Waals surface area contributed by atoms with E-state index >= 15 is 0 Å². The molecule has 1 aliphatic heterocycles. The first kappa shape index (κ1) is 17.5. The normalized spacial score (nSPS) is 15.7. The number of piperazine rings is 1.